The predicted molar refractivity (Wildman–Crippen MR) is 69.3 cm³/mol. The van der Waals surface area contributed by atoms with Gasteiger partial charge >= 0.3 is 0 Å². The van der Waals surface area contributed by atoms with E-state index in [0.29, 0.717) is 8.16 Å². The standard InChI is InChI=1S/C10H18OS3/c1-4-5-11-7-10-9(3,14-10)12-6-8(2)13-10/h8H,4-7H2,1-3H3. The fourth-order valence-electron chi connectivity index (χ4n) is 1.74. The molecule has 3 unspecified atom stereocenters. The van der Waals surface area contributed by atoms with Gasteiger partial charge in [0.2, 0.25) is 0 Å². The largest absolute Gasteiger partial charge is 0.379 e. The van der Waals surface area contributed by atoms with Crippen LogP contribution in [-0.4, -0.2) is 32.4 Å². The Morgan fingerprint density at radius 3 is 3.00 bits per heavy atom. The zero-order chi connectivity index (χ0) is 10.2. The van der Waals surface area contributed by atoms with Gasteiger partial charge in [0.05, 0.1) is 10.7 Å². The lowest BCUT2D eigenvalue weighted by Crippen LogP contribution is -2.31. The second-order valence-corrected chi connectivity index (χ2v) is 9.50. The molecule has 82 valence electrons. The third kappa shape index (κ3) is 1.95. The summed E-state index contributed by atoms with van der Waals surface area (Å²) in [5, 5.41) is 0.785. The second kappa shape index (κ2) is 4.11. The van der Waals surface area contributed by atoms with E-state index in [-0.39, 0.29) is 0 Å². The minimum absolute atomic E-state index is 0.379. The first-order valence-corrected chi connectivity index (χ1v) is 7.90. The van der Waals surface area contributed by atoms with Crippen LogP contribution in [0.3, 0.4) is 0 Å². The molecular formula is C10H18OS3. The number of thioether (sulfide) groups is 3. The van der Waals surface area contributed by atoms with Crippen molar-refractivity contribution >= 4 is 35.3 Å². The van der Waals surface area contributed by atoms with E-state index in [2.05, 4.69) is 56.1 Å². The van der Waals surface area contributed by atoms with Crippen molar-refractivity contribution in [3.63, 3.8) is 0 Å². The van der Waals surface area contributed by atoms with Crippen LogP contribution in [0.1, 0.15) is 27.2 Å². The van der Waals surface area contributed by atoms with Crippen LogP contribution in [0.5, 0.6) is 0 Å². The molecule has 0 aromatic heterocycles. The highest BCUT2D eigenvalue weighted by atomic mass is 32.2. The lowest BCUT2D eigenvalue weighted by molar-refractivity contribution is 0.134. The van der Waals surface area contributed by atoms with Crippen LogP contribution in [0.2, 0.25) is 0 Å². The zero-order valence-electron chi connectivity index (χ0n) is 9.04. The summed E-state index contributed by atoms with van der Waals surface area (Å²) in [5.74, 6) is 1.30. The molecule has 14 heavy (non-hydrogen) atoms. The molecule has 4 heteroatoms. The molecule has 1 nitrogen and oxygen atoms in total. The monoisotopic (exact) mass is 250 g/mol. The molecule has 2 saturated heterocycles. The van der Waals surface area contributed by atoms with E-state index in [1.165, 1.54) is 5.75 Å². The SMILES string of the molecule is CCCOCC12SC(C)CSC1(C)S2. The maximum atomic E-state index is 5.73. The van der Waals surface area contributed by atoms with Gasteiger partial charge in [0, 0.05) is 17.6 Å². The molecule has 0 aliphatic carbocycles. The summed E-state index contributed by atoms with van der Waals surface area (Å²) in [6.07, 6.45) is 1.13. The summed E-state index contributed by atoms with van der Waals surface area (Å²) in [5.41, 5.74) is 0. The van der Waals surface area contributed by atoms with Gasteiger partial charge in [0.1, 0.15) is 4.08 Å². The molecule has 0 spiro atoms. The summed E-state index contributed by atoms with van der Waals surface area (Å²) >= 11 is 6.35. The quantitative estimate of drug-likeness (QED) is 0.558. The van der Waals surface area contributed by atoms with Gasteiger partial charge < -0.3 is 4.74 Å². The fourth-order valence-corrected chi connectivity index (χ4v) is 7.70. The van der Waals surface area contributed by atoms with Gasteiger partial charge in [-0.1, -0.05) is 13.8 Å². The van der Waals surface area contributed by atoms with E-state index in [4.69, 9.17) is 4.74 Å². The van der Waals surface area contributed by atoms with E-state index in [1.807, 2.05) is 0 Å². The lowest BCUT2D eigenvalue weighted by atomic mass is 10.3. The van der Waals surface area contributed by atoms with Crippen LogP contribution in [-0.2, 0) is 4.74 Å². The summed E-state index contributed by atoms with van der Waals surface area (Å²) < 4.78 is 6.55. The summed E-state index contributed by atoms with van der Waals surface area (Å²) in [6, 6.07) is 0. The van der Waals surface area contributed by atoms with Crippen molar-refractivity contribution in [2.75, 3.05) is 19.0 Å². The topological polar surface area (TPSA) is 9.23 Å². The van der Waals surface area contributed by atoms with Crippen molar-refractivity contribution in [1.29, 1.82) is 0 Å². The van der Waals surface area contributed by atoms with E-state index in [0.717, 1.165) is 24.9 Å². The molecule has 0 radical (unpaired) electrons. The van der Waals surface area contributed by atoms with E-state index >= 15 is 0 Å². The van der Waals surface area contributed by atoms with Crippen LogP contribution in [0.15, 0.2) is 0 Å². The van der Waals surface area contributed by atoms with Gasteiger partial charge in [-0.15, -0.1) is 35.3 Å². The second-order valence-electron chi connectivity index (χ2n) is 4.09. The van der Waals surface area contributed by atoms with Crippen LogP contribution >= 0.6 is 35.3 Å². The van der Waals surface area contributed by atoms with Crippen molar-refractivity contribution in [1.82, 2.24) is 0 Å². The number of ether oxygens (including phenoxy) is 1. The highest BCUT2D eigenvalue weighted by molar-refractivity contribution is 8.36. The molecule has 0 aromatic carbocycles. The van der Waals surface area contributed by atoms with Crippen molar-refractivity contribution in [2.24, 2.45) is 0 Å². The van der Waals surface area contributed by atoms with Crippen LogP contribution in [0.25, 0.3) is 0 Å². The molecule has 0 N–H and O–H groups in total. The Bertz CT molecular complexity index is 223. The Hall–Kier alpha value is 1.01. The molecule has 2 aliphatic heterocycles. The van der Waals surface area contributed by atoms with Gasteiger partial charge in [-0.25, -0.2) is 0 Å². The Balaban J connectivity index is 1.89. The molecule has 0 bridgehead atoms. The molecule has 2 heterocycles. The van der Waals surface area contributed by atoms with Crippen molar-refractivity contribution in [2.45, 2.75) is 40.6 Å². The zero-order valence-corrected chi connectivity index (χ0v) is 11.5. The highest BCUT2D eigenvalue weighted by Gasteiger charge is 2.69. The van der Waals surface area contributed by atoms with Gasteiger partial charge in [-0.3, -0.25) is 0 Å². The first-order chi connectivity index (χ1) is 6.62. The Kier molecular flexibility index (Phi) is 3.38. The third-order valence-corrected chi connectivity index (χ3v) is 8.81. The van der Waals surface area contributed by atoms with E-state index in [1.54, 1.807) is 0 Å². The molecule has 0 amide bonds. The normalized spacial score (nSPS) is 46.1. The van der Waals surface area contributed by atoms with Gasteiger partial charge in [-0.05, 0) is 13.3 Å². The molecule has 0 aromatic rings. The van der Waals surface area contributed by atoms with Crippen molar-refractivity contribution in [3.05, 3.63) is 0 Å². The lowest BCUT2D eigenvalue weighted by Gasteiger charge is -2.28. The predicted octanol–water partition coefficient (Wildman–Crippen LogP) is 3.44. The number of hydrogen-bond donors (Lipinski definition) is 0. The Morgan fingerprint density at radius 1 is 1.50 bits per heavy atom. The van der Waals surface area contributed by atoms with Gasteiger partial charge in [-0.2, -0.15) is 0 Å². The van der Waals surface area contributed by atoms with Crippen LogP contribution < -0.4 is 0 Å². The van der Waals surface area contributed by atoms with Crippen molar-refractivity contribution < 1.29 is 4.74 Å². The molecule has 3 atom stereocenters. The molecule has 2 aliphatic rings. The first-order valence-electron chi connectivity index (χ1n) is 5.21. The summed E-state index contributed by atoms with van der Waals surface area (Å²) in [6.45, 7) is 8.72. The van der Waals surface area contributed by atoms with Gasteiger partial charge in [0.15, 0.2) is 0 Å². The molecule has 2 rings (SSSR count). The highest BCUT2D eigenvalue weighted by Crippen LogP contribution is 2.77. The Morgan fingerprint density at radius 2 is 2.29 bits per heavy atom. The number of rotatable bonds is 4. The number of hydrogen-bond acceptors (Lipinski definition) is 4. The first kappa shape index (κ1) is 11.5. The molecule has 2 fully saturated rings. The Labute approximate surface area is 99.5 Å². The summed E-state index contributed by atoms with van der Waals surface area (Å²) in [4.78, 5) is 0. The maximum Gasteiger partial charge on any atom is 0.109 e. The van der Waals surface area contributed by atoms with Crippen LogP contribution in [0, 0.1) is 0 Å². The maximum absolute atomic E-state index is 5.73. The minimum atomic E-state index is 0.379. The third-order valence-electron chi connectivity index (χ3n) is 2.64. The minimum Gasteiger partial charge on any atom is -0.379 e. The smallest absolute Gasteiger partial charge is 0.109 e. The average Bonchev–Trinajstić information content (AvgIpc) is 2.72. The fraction of sp³-hybridized carbons (Fsp3) is 1.00. The molecule has 0 saturated carbocycles. The van der Waals surface area contributed by atoms with E-state index < -0.39 is 0 Å². The summed E-state index contributed by atoms with van der Waals surface area (Å²) in [7, 11) is 0. The number of fused-ring (bicyclic) bond motifs is 1. The molecular weight excluding hydrogens is 232 g/mol. The average molecular weight is 250 g/mol. The van der Waals surface area contributed by atoms with Crippen LogP contribution in [0.4, 0.5) is 0 Å². The van der Waals surface area contributed by atoms with Crippen molar-refractivity contribution in [3.8, 4) is 0 Å². The van der Waals surface area contributed by atoms with E-state index in [9.17, 15) is 0 Å². The van der Waals surface area contributed by atoms with Gasteiger partial charge in [0.25, 0.3) is 0 Å².